The maximum absolute atomic E-state index is 6.10. The summed E-state index contributed by atoms with van der Waals surface area (Å²) in [5.74, 6) is 2.34. The summed E-state index contributed by atoms with van der Waals surface area (Å²) in [7, 11) is 0. The molecule has 2 aromatic carbocycles. The summed E-state index contributed by atoms with van der Waals surface area (Å²) >= 11 is 0. The molecule has 0 spiro atoms. The highest BCUT2D eigenvalue weighted by molar-refractivity contribution is 5.61. The number of fused-ring (bicyclic) bond motifs is 2. The molecule has 4 nitrogen and oxygen atoms in total. The number of furan rings is 1. The van der Waals surface area contributed by atoms with Gasteiger partial charge in [0, 0.05) is 12.1 Å². The van der Waals surface area contributed by atoms with E-state index in [4.69, 9.17) is 13.9 Å². The highest BCUT2D eigenvalue weighted by Crippen LogP contribution is 2.47. The molecule has 2 aliphatic rings. The minimum absolute atomic E-state index is 0.488. The third kappa shape index (κ3) is 1.78. The summed E-state index contributed by atoms with van der Waals surface area (Å²) in [4.78, 5) is 0. The van der Waals surface area contributed by atoms with E-state index >= 15 is 0 Å². The van der Waals surface area contributed by atoms with Crippen LogP contribution in [-0.4, -0.2) is 6.29 Å². The topological polar surface area (TPSA) is 43.6 Å². The normalized spacial score (nSPS) is 21.9. The molecule has 4 heteroatoms. The number of hydrogen-bond donors (Lipinski definition) is 1. The van der Waals surface area contributed by atoms with Crippen molar-refractivity contribution in [3.05, 3.63) is 78.3 Å². The second-order valence-electron chi connectivity index (χ2n) is 5.92. The number of nitrogens with one attached hydrogen (secondary N) is 1. The van der Waals surface area contributed by atoms with Gasteiger partial charge in [-0.3, -0.25) is 0 Å². The average molecular weight is 305 g/mol. The fourth-order valence-corrected chi connectivity index (χ4v) is 3.42. The molecule has 0 bridgehead atoms. The van der Waals surface area contributed by atoms with Gasteiger partial charge < -0.3 is 19.2 Å². The first-order valence-corrected chi connectivity index (χ1v) is 7.68. The largest absolute Gasteiger partial charge is 0.467 e. The van der Waals surface area contributed by atoms with E-state index in [1.807, 2.05) is 48.5 Å². The highest BCUT2D eigenvalue weighted by atomic mass is 16.7. The lowest BCUT2D eigenvalue weighted by Gasteiger charge is -2.32. The summed E-state index contributed by atoms with van der Waals surface area (Å²) in [6.07, 6.45) is 1.94. The lowest BCUT2D eigenvalue weighted by atomic mass is 9.91. The van der Waals surface area contributed by atoms with Gasteiger partial charge >= 0.3 is 0 Å². The van der Waals surface area contributed by atoms with E-state index in [2.05, 4.69) is 17.4 Å². The maximum Gasteiger partial charge on any atom is 0.271 e. The van der Waals surface area contributed by atoms with Crippen molar-refractivity contribution in [1.29, 1.82) is 0 Å². The molecule has 0 amide bonds. The molecule has 23 heavy (non-hydrogen) atoms. The third-order valence-electron chi connectivity index (χ3n) is 4.52. The van der Waals surface area contributed by atoms with Crippen molar-refractivity contribution in [1.82, 2.24) is 0 Å². The first kappa shape index (κ1) is 12.6. The van der Waals surface area contributed by atoms with Crippen LogP contribution in [0, 0.1) is 0 Å². The first-order chi connectivity index (χ1) is 11.4. The number of anilines is 1. The molecule has 114 valence electrons. The second kappa shape index (κ2) is 4.56. The molecule has 0 radical (unpaired) electrons. The fraction of sp³-hybridized carbons (Fsp3) is 0.158. The van der Waals surface area contributed by atoms with E-state index in [-0.39, 0.29) is 0 Å². The molecule has 5 rings (SSSR count). The van der Waals surface area contributed by atoms with Crippen molar-refractivity contribution in [3.63, 3.8) is 0 Å². The van der Waals surface area contributed by atoms with Crippen LogP contribution in [0.5, 0.6) is 11.5 Å². The van der Waals surface area contributed by atoms with Crippen LogP contribution < -0.4 is 14.8 Å². The molecule has 0 saturated carbocycles. The molecule has 1 N–H and O–H groups in total. The molecule has 0 saturated heterocycles. The number of para-hydroxylation sites is 3. The Balaban J connectivity index is 1.59. The molecule has 3 heterocycles. The maximum atomic E-state index is 6.10. The predicted octanol–water partition coefficient (Wildman–Crippen LogP) is 3.94. The lowest BCUT2D eigenvalue weighted by molar-refractivity contribution is -0.0190. The molecule has 2 aliphatic heterocycles. The summed E-state index contributed by atoms with van der Waals surface area (Å²) in [5, 5.41) is 3.58. The molecule has 3 aromatic rings. The van der Waals surface area contributed by atoms with Gasteiger partial charge in [-0.05, 0) is 35.9 Å². The van der Waals surface area contributed by atoms with Gasteiger partial charge in [-0.1, -0.05) is 30.3 Å². The Bertz CT molecular complexity index is 807. The van der Waals surface area contributed by atoms with Crippen molar-refractivity contribution in [2.45, 2.75) is 18.2 Å². The average Bonchev–Trinajstić information content (AvgIpc) is 3.31. The summed E-state index contributed by atoms with van der Waals surface area (Å²) in [6, 6.07) is 19.9. The van der Waals surface area contributed by atoms with Crippen LogP contribution in [0.4, 0.5) is 5.69 Å². The minimum Gasteiger partial charge on any atom is -0.467 e. The van der Waals surface area contributed by atoms with E-state index in [1.165, 1.54) is 5.56 Å². The lowest BCUT2D eigenvalue weighted by Crippen LogP contribution is -2.49. The van der Waals surface area contributed by atoms with Crippen LogP contribution in [0.25, 0.3) is 0 Å². The van der Waals surface area contributed by atoms with Crippen molar-refractivity contribution < 1.29 is 13.9 Å². The van der Waals surface area contributed by atoms with E-state index in [0.29, 0.717) is 0 Å². The zero-order chi connectivity index (χ0) is 15.3. The monoisotopic (exact) mass is 305 g/mol. The molecular weight excluding hydrogens is 290 g/mol. The summed E-state index contributed by atoms with van der Waals surface area (Å²) in [5.41, 5.74) is 1.74. The van der Waals surface area contributed by atoms with E-state index in [1.54, 1.807) is 6.26 Å². The molecule has 0 aliphatic carbocycles. The van der Waals surface area contributed by atoms with E-state index in [9.17, 15) is 0 Å². The zero-order valence-corrected chi connectivity index (χ0v) is 12.4. The number of benzene rings is 2. The van der Waals surface area contributed by atoms with E-state index < -0.39 is 11.8 Å². The van der Waals surface area contributed by atoms with Gasteiger partial charge in [0.05, 0.1) is 6.26 Å². The SMILES string of the molecule is c1coc(C2(C3Oc4ccccc4O3)Cc3ccccc3N2)c1. The Hall–Kier alpha value is -2.88. The van der Waals surface area contributed by atoms with Gasteiger partial charge in [0.2, 0.25) is 0 Å². The Kier molecular flexibility index (Phi) is 2.50. The van der Waals surface area contributed by atoms with Gasteiger partial charge in [0.1, 0.15) is 5.76 Å². The summed E-state index contributed by atoms with van der Waals surface area (Å²) < 4.78 is 17.9. The molecule has 1 aromatic heterocycles. The first-order valence-electron chi connectivity index (χ1n) is 7.68. The Morgan fingerprint density at radius 2 is 1.61 bits per heavy atom. The highest BCUT2D eigenvalue weighted by Gasteiger charge is 2.52. The standard InChI is InChI=1S/C19H15NO3/c1-2-7-14-13(6-1)12-19(20-14,17-10-5-11-21-17)18-22-15-8-3-4-9-16(15)23-18/h1-11,18,20H,12H2. The van der Waals surface area contributed by atoms with Gasteiger partial charge in [0.25, 0.3) is 6.29 Å². The third-order valence-corrected chi connectivity index (χ3v) is 4.52. The van der Waals surface area contributed by atoms with E-state index in [0.717, 1.165) is 29.4 Å². The van der Waals surface area contributed by atoms with Crippen LogP contribution in [0.15, 0.2) is 71.3 Å². The molecule has 1 unspecified atom stereocenters. The molecule has 1 atom stereocenters. The second-order valence-corrected chi connectivity index (χ2v) is 5.92. The fourth-order valence-electron chi connectivity index (χ4n) is 3.42. The van der Waals surface area contributed by atoms with Crippen molar-refractivity contribution >= 4 is 5.69 Å². The predicted molar refractivity (Wildman–Crippen MR) is 85.6 cm³/mol. The quantitative estimate of drug-likeness (QED) is 0.779. The van der Waals surface area contributed by atoms with Gasteiger partial charge in [-0.15, -0.1) is 0 Å². The van der Waals surface area contributed by atoms with Gasteiger partial charge in [-0.25, -0.2) is 0 Å². The number of hydrogen-bond acceptors (Lipinski definition) is 4. The smallest absolute Gasteiger partial charge is 0.271 e. The van der Waals surface area contributed by atoms with Gasteiger partial charge in [0.15, 0.2) is 17.0 Å². The van der Waals surface area contributed by atoms with Crippen LogP contribution in [0.3, 0.4) is 0 Å². The molecule has 0 fully saturated rings. The molecular formula is C19H15NO3. The summed E-state index contributed by atoms with van der Waals surface area (Å²) in [6.45, 7) is 0. The Morgan fingerprint density at radius 1 is 0.870 bits per heavy atom. The Labute approximate surface area is 133 Å². The van der Waals surface area contributed by atoms with Crippen LogP contribution in [0.2, 0.25) is 0 Å². The van der Waals surface area contributed by atoms with Crippen molar-refractivity contribution in [2.24, 2.45) is 0 Å². The van der Waals surface area contributed by atoms with Crippen molar-refractivity contribution in [2.75, 3.05) is 5.32 Å². The number of rotatable bonds is 2. The van der Waals surface area contributed by atoms with Gasteiger partial charge in [-0.2, -0.15) is 0 Å². The minimum atomic E-state index is -0.577. The van der Waals surface area contributed by atoms with Crippen LogP contribution in [-0.2, 0) is 12.0 Å². The van der Waals surface area contributed by atoms with Crippen molar-refractivity contribution in [3.8, 4) is 11.5 Å². The number of ether oxygens (including phenoxy) is 2. The van der Waals surface area contributed by atoms with Crippen LogP contribution >= 0.6 is 0 Å². The zero-order valence-electron chi connectivity index (χ0n) is 12.4. The Morgan fingerprint density at radius 3 is 2.30 bits per heavy atom. The van der Waals surface area contributed by atoms with Crippen LogP contribution in [0.1, 0.15) is 11.3 Å².